The number of hydrogen-bond donors (Lipinski definition) is 4. The summed E-state index contributed by atoms with van der Waals surface area (Å²) in [4.78, 5) is 0. The minimum absolute atomic E-state index is 0.356. The van der Waals surface area contributed by atoms with Crippen LogP contribution in [0.5, 0.6) is 0 Å². The summed E-state index contributed by atoms with van der Waals surface area (Å²) in [6.45, 7) is 3.39. The molecule has 0 aliphatic heterocycles. The first-order valence-corrected chi connectivity index (χ1v) is 4.26. The van der Waals surface area contributed by atoms with E-state index in [1.165, 1.54) is 0 Å². The molecule has 4 nitrogen and oxygen atoms in total. The summed E-state index contributed by atoms with van der Waals surface area (Å²) in [5.41, 5.74) is 0. The first-order chi connectivity index (χ1) is 5.54. The first-order valence-electron chi connectivity index (χ1n) is 4.26. The third-order valence-corrected chi connectivity index (χ3v) is 1.97. The maximum atomic E-state index is 9.23. The molecule has 74 valence electrons. The molecule has 4 unspecified atom stereocenters. The van der Waals surface area contributed by atoms with Crippen LogP contribution in [0.1, 0.15) is 26.7 Å². The van der Waals surface area contributed by atoms with E-state index in [-0.39, 0.29) is 0 Å². The second-order valence-electron chi connectivity index (χ2n) is 2.93. The molecule has 0 aliphatic carbocycles. The van der Waals surface area contributed by atoms with Crippen molar-refractivity contribution in [2.75, 3.05) is 0 Å². The molecule has 0 saturated carbocycles. The minimum Gasteiger partial charge on any atom is -0.390 e. The van der Waals surface area contributed by atoms with Crippen LogP contribution in [0.25, 0.3) is 0 Å². The third kappa shape index (κ3) is 3.06. The molecule has 4 N–H and O–H groups in total. The van der Waals surface area contributed by atoms with Gasteiger partial charge in [-0.1, -0.05) is 13.8 Å². The van der Waals surface area contributed by atoms with E-state index in [0.29, 0.717) is 12.8 Å². The maximum absolute atomic E-state index is 9.23. The highest BCUT2D eigenvalue weighted by molar-refractivity contribution is 4.79. The summed E-state index contributed by atoms with van der Waals surface area (Å²) in [5, 5.41) is 36.7. The molecule has 0 bridgehead atoms. The van der Waals surface area contributed by atoms with E-state index in [9.17, 15) is 10.2 Å². The first kappa shape index (κ1) is 11.8. The van der Waals surface area contributed by atoms with Crippen molar-refractivity contribution in [3.8, 4) is 0 Å². The topological polar surface area (TPSA) is 80.9 Å². The van der Waals surface area contributed by atoms with Crippen molar-refractivity contribution in [1.82, 2.24) is 0 Å². The summed E-state index contributed by atoms with van der Waals surface area (Å²) in [5.74, 6) is 0. The lowest BCUT2D eigenvalue weighted by Crippen LogP contribution is -2.43. The lowest BCUT2D eigenvalue weighted by Gasteiger charge is -2.25. The molecule has 0 rings (SSSR count). The molecule has 0 aliphatic rings. The molecule has 0 radical (unpaired) electrons. The van der Waals surface area contributed by atoms with Crippen LogP contribution in [0, 0.1) is 0 Å². The average molecular weight is 178 g/mol. The summed E-state index contributed by atoms with van der Waals surface area (Å²) >= 11 is 0. The SMILES string of the molecule is CCC(O)C(O)C(O)C(O)CC. The quantitative estimate of drug-likeness (QED) is 0.446. The van der Waals surface area contributed by atoms with Gasteiger partial charge in [0.25, 0.3) is 0 Å². The minimum atomic E-state index is -1.26. The highest BCUT2D eigenvalue weighted by Gasteiger charge is 2.27. The second kappa shape index (κ2) is 5.48. The third-order valence-electron chi connectivity index (χ3n) is 1.97. The monoisotopic (exact) mass is 178 g/mol. The highest BCUT2D eigenvalue weighted by atomic mass is 16.4. The molecule has 12 heavy (non-hydrogen) atoms. The van der Waals surface area contributed by atoms with Gasteiger partial charge in [-0.05, 0) is 12.8 Å². The van der Waals surface area contributed by atoms with E-state index in [4.69, 9.17) is 10.2 Å². The average Bonchev–Trinajstić information content (AvgIpc) is 2.12. The van der Waals surface area contributed by atoms with Crippen molar-refractivity contribution in [2.24, 2.45) is 0 Å². The Labute approximate surface area is 72.5 Å². The smallest absolute Gasteiger partial charge is 0.108 e. The van der Waals surface area contributed by atoms with Gasteiger partial charge in [-0.15, -0.1) is 0 Å². The van der Waals surface area contributed by atoms with Crippen LogP contribution in [0.4, 0.5) is 0 Å². The van der Waals surface area contributed by atoms with Crippen LogP contribution in [0.15, 0.2) is 0 Å². The van der Waals surface area contributed by atoms with Gasteiger partial charge in [0.05, 0.1) is 12.2 Å². The van der Waals surface area contributed by atoms with Gasteiger partial charge in [-0.2, -0.15) is 0 Å². The zero-order chi connectivity index (χ0) is 9.72. The fourth-order valence-corrected chi connectivity index (χ4v) is 0.938. The maximum Gasteiger partial charge on any atom is 0.108 e. The molecule has 0 aromatic heterocycles. The van der Waals surface area contributed by atoms with Crippen molar-refractivity contribution < 1.29 is 20.4 Å². The van der Waals surface area contributed by atoms with Crippen molar-refractivity contribution in [2.45, 2.75) is 51.1 Å². The normalized spacial score (nSPS) is 21.5. The van der Waals surface area contributed by atoms with Crippen LogP contribution in [-0.4, -0.2) is 44.8 Å². The Hall–Kier alpha value is -0.160. The molecule has 0 saturated heterocycles. The van der Waals surface area contributed by atoms with Crippen molar-refractivity contribution >= 4 is 0 Å². The van der Waals surface area contributed by atoms with Gasteiger partial charge < -0.3 is 20.4 Å². The Morgan fingerprint density at radius 1 is 0.750 bits per heavy atom. The zero-order valence-electron chi connectivity index (χ0n) is 7.51. The summed E-state index contributed by atoms with van der Waals surface area (Å²) in [6, 6.07) is 0. The van der Waals surface area contributed by atoms with Crippen LogP contribution in [0.2, 0.25) is 0 Å². The van der Waals surface area contributed by atoms with Crippen LogP contribution < -0.4 is 0 Å². The number of hydrogen-bond acceptors (Lipinski definition) is 4. The Kier molecular flexibility index (Phi) is 5.41. The molecule has 0 aromatic carbocycles. The molecular weight excluding hydrogens is 160 g/mol. The van der Waals surface area contributed by atoms with E-state index >= 15 is 0 Å². The Bertz CT molecular complexity index is 104. The lowest BCUT2D eigenvalue weighted by molar-refractivity contribution is -0.105. The van der Waals surface area contributed by atoms with E-state index in [1.807, 2.05) is 0 Å². The predicted octanol–water partition coefficient (Wildman–Crippen LogP) is -0.750. The summed E-state index contributed by atoms with van der Waals surface area (Å²) in [6.07, 6.45) is -3.75. The zero-order valence-corrected chi connectivity index (χ0v) is 7.51. The molecular formula is C8H18O4. The highest BCUT2D eigenvalue weighted by Crippen LogP contribution is 2.09. The van der Waals surface area contributed by atoms with Gasteiger partial charge in [0.2, 0.25) is 0 Å². The summed E-state index contributed by atoms with van der Waals surface area (Å²) < 4.78 is 0. The fourth-order valence-electron chi connectivity index (χ4n) is 0.938. The van der Waals surface area contributed by atoms with E-state index in [0.717, 1.165) is 0 Å². The molecule has 4 heteroatoms. The van der Waals surface area contributed by atoms with Gasteiger partial charge in [0, 0.05) is 0 Å². The van der Waals surface area contributed by atoms with Crippen molar-refractivity contribution in [3.05, 3.63) is 0 Å². The number of rotatable bonds is 5. The summed E-state index contributed by atoms with van der Waals surface area (Å²) in [7, 11) is 0. The molecule has 0 amide bonds. The Morgan fingerprint density at radius 3 is 1.17 bits per heavy atom. The largest absolute Gasteiger partial charge is 0.390 e. The van der Waals surface area contributed by atoms with E-state index in [2.05, 4.69) is 0 Å². The van der Waals surface area contributed by atoms with Crippen LogP contribution >= 0.6 is 0 Å². The van der Waals surface area contributed by atoms with Crippen molar-refractivity contribution in [1.29, 1.82) is 0 Å². The van der Waals surface area contributed by atoms with Gasteiger partial charge in [-0.25, -0.2) is 0 Å². The Morgan fingerprint density at radius 2 is 1.00 bits per heavy atom. The fraction of sp³-hybridized carbons (Fsp3) is 1.00. The number of aliphatic hydroxyl groups excluding tert-OH is 4. The number of aliphatic hydroxyl groups is 4. The molecule has 0 fully saturated rings. The molecule has 0 spiro atoms. The van der Waals surface area contributed by atoms with Gasteiger partial charge in [-0.3, -0.25) is 0 Å². The molecule has 0 heterocycles. The van der Waals surface area contributed by atoms with Crippen LogP contribution in [-0.2, 0) is 0 Å². The second-order valence-corrected chi connectivity index (χ2v) is 2.93. The van der Waals surface area contributed by atoms with Gasteiger partial charge in [0.1, 0.15) is 12.2 Å². The molecule has 0 aromatic rings. The lowest BCUT2D eigenvalue weighted by atomic mass is 10.0. The van der Waals surface area contributed by atoms with E-state index in [1.54, 1.807) is 13.8 Å². The van der Waals surface area contributed by atoms with Gasteiger partial charge >= 0.3 is 0 Å². The standard InChI is InChI=1S/C8H18O4/c1-3-5(9)7(11)8(12)6(10)4-2/h5-12H,3-4H2,1-2H3. The van der Waals surface area contributed by atoms with E-state index < -0.39 is 24.4 Å². The van der Waals surface area contributed by atoms with Crippen LogP contribution in [0.3, 0.4) is 0 Å². The predicted molar refractivity (Wildman–Crippen MR) is 44.6 cm³/mol. The molecule has 4 atom stereocenters. The van der Waals surface area contributed by atoms with Gasteiger partial charge in [0.15, 0.2) is 0 Å². The Balaban J connectivity index is 3.99. The van der Waals surface area contributed by atoms with Crippen molar-refractivity contribution in [3.63, 3.8) is 0 Å².